The lowest BCUT2D eigenvalue weighted by Crippen LogP contribution is -2.23. The van der Waals surface area contributed by atoms with Crippen LogP contribution in [0.1, 0.15) is 20.8 Å². The maximum absolute atomic E-state index is 15.0. The summed E-state index contributed by atoms with van der Waals surface area (Å²) < 4.78 is 110. The Hall–Kier alpha value is -3.81. The quantitative estimate of drug-likeness (QED) is 0.0589. The van der Waals surface area contributed by atoms with Gasteiger partial charge in [-0.3, -0.25) is 3.63 Å². The van der Waals surface area contributed by atoms with Crippen molar-refractivity contribution >= 4 is 31.8 Å². The molecule has 0 radical (unpaired) electrons. The van der Waals surface area contributed by atoms with Crippen molar-refractivity contribution in [2.75, 3.05) is 38.0 Å². The van der Waals surface area contributed by atoms with Gasteiger partial charge in [-0.1, -0.05) is 0 Å². The molecule has 0 aliphatic carbocycles. The highest BCUT2D eigenvalue weighted by Crippen LogP contribution is 2.69. The van der Waals surface area contributed by atoms with E-state index in [0.717, 1.165) is 11.4 Å². The molecular formula is C32H34F5N2O4S2+. The molecule has 0 amide bonds. The van der Waals surface area contributed by atoms with E-state index in [4.69, 9.17) is 4.74 Å². The summed E-state index contributed by atoms with van der Waals surface area (Å²) in [7, 11) is -1.72. The van der Waals surface area contributed by atoms with Gasteiger partial charge in [-0.25, -0.2) is 22.0 Å². The van der Waals surface area contributed by atoms with E-state index in [1.807, 2.05) is 30.6 Å². The van der Waals surface area contributed by atoms with E-state index in [1.165, 1.54) is 0 Å². The van der Waals surface area contributed by atoms with Gasteiger partial charge in [0.15, 0.2) is 23.3 Å². The minimum atomic E-state index is -5.56. The van der Waals surface area contributed by atoms with Gasteiger partial charge in [-0.05, 0) is 93.6 Å². The summed E-state index contributed by atoms with van der Waals surface area (Å²) in [5.74, 6) is -11.8. The fraction of sp³-hybridized carbons (Fsp3) is 0.250. The number of anilines is 2. The van der Waals surface area contributed by atoms with Gasteiger partial charge in [-0.15, -0.1) is 8.42 Å². The van der Waals surface area contributed by atoms with E-state index >= 15 is 0 Å². The minimum Gasteiger partial charge on any atom is -0.488 e. The van der Waals surface area contributed by atoms with Crippen LogP contribution in [0.25, 0.3) is 0 Å². The molecule has 0 heterocycles. The monoisotopic (exact) mass is 669 g/mol. The SMILES string of the molecule is CN(C)c1ccc(S([OH+]S(=O)(=O)c2c(F)c(F)c(F)c(F)c2F)(c2ccc(OC(C)(C)C)cc2)c2ccc(N(C)C)cc2)cc1. The Kier molecular flexibility index (Phi) is 9.49. The molecule has 4 rings (SSSR count). The summed E-state index contributed by atoms with van der Waals surface area (Å²) in [6.07, 6.45) is 0. The maximum atomic E-state index is 15.0. The van der Waals surface area contributed by atoms with E-state index < -0.39 is 60.0 Å². The van der Waals surface area contributed by atoms with Gasteiger partial charge in [0.05, 0.1) is 25.0 Å². The topological polar surface area (TPSA) is 62.6 Å². The minimum absolute atomic E-state index is 0.298. The van der Waals surface area contributed by atoms with Gasteiger partial charge in [0, 0.05) is 39.6 Å². The molecular weight excluding hydrogens is 635 g/mol. The Morgan fingerprint density at radius 2 is 0.911 bits per heavy atom. The van der Waals surface area contributed by atoms with Crippen LogP contribution in [0.2, 0.25) is 0 Å². The van der Waals surface area contributed by atoms with Crippen LogP contribution in [-0.4, -0.2) is 45.8 Å². The van der Waals surface area contributed by atoms with Crippen LogP contribution in [0.4, 0.5) is 33.3 Å². The third-order valence-electron chi connectivity index (χ3n) is 6.61. The van der Waals surface area contributed by atoms with Crippen molar-refractivity contribution in [3.63, 3.8) is 0 Å². The van der Waals surface area contributed by atoms with Crippen LogP contribution in [0.3, 0.4) is 0 Å². The highest BCUT2D eigenvalue weighted by molar-refractivity contribution is 8.32. The van der Waals surface area contributed by atoms with Crippen molar-refractivity contribution < 1.29 is 38.7 Å². The van der Waals surface area contributed by atoms with Crippen molar-refractivity contribution in [1.29, 1.82) is 0 Å². The van der Waals surface area contributed by atoms with Crippen molar-refractivity contribution in [1.82, 2.24) is 0 Å². The predicted molar refractivity (Wildman–Crippen MR) is 167 cm³/mol. The first-order valence-corrected chi connectivity index (χ1v) is 16.6. The van der Waals surface area contributed by atoms with Crippen molar-refractivity contribution in [2.45, 2.75) is 46.0 Å². The summed E-state index contributed by atoms with van der Waals surface area (Å²) >= 11 is 0. The highest BCUT2D eigenvalue weighted by Gasteiger charge is 2.47. The first kappa shape index (κ1) is 34.1. The molecule has 0 saturated heterocycles. The smallest absolute Gasteiger partial charge is 0.428 e. The molecule has 0 unspecified atom stereocenters. The Bertz CT molecular complexity index is 1710. The first-order chi connectivity index (χ1) is 20.9. The zero-order valence-corrected chi connectivity index (χ0v) is 27.3. The number of nitrogens with zero attached hydrogens (tertiary/aromatic N) is 2. The largest absolute Gasteiger partial charge is 0.488 e. The molecule has 4 aromatic carbocycles. The van der Waals surface area contributed by atoms with Crippen molar-refractivity contribution in [3.8, 4) is 5.75 Å². The Morgan fingerprint density at radius 3 is 1.24 bits per heavy atom. The Balaban J connectivity index is 2.08. The van der Waals surface area contributed by atoms with Crippen molar-refractivity contribution in [3.05, 3.63) is 102 Å². The second kappa shape index (κ2) is 12.5. The Labute approximate surface area is 261 Å². The second-order valence-corrected chi connectivity index (χ2v) is 16.0. The van der Waals surface area contributed by atoms with Gasteiger partial charge in [0.25, 0.3) is 0 Å². The van der Waals surface area contributed by atoms with Gasteiger partial charge in [0.1, 0.15) is 11.4 Å². The number of halogens is 5. The van der Waals surface area contributed by atoms with Gasteiger partial charge in [-0.2, -0.15) is 0 Å². The normalized spacial score (nSPS) is 12.6. The summed E-state index contributed by atoms with van der Waals surface area (Å²) in [5.41, 5.74) is 0.952. The predicted octanol–water partition coefficient (Wildman–Crippen LogP) is 8.37. The molecule has 0 saturated carbocycles. The zero-order chi connectivity index (χ0) is 33.5. The van der Waals surface area contributed by atoms with Crippen LogP contribution in [0.5, 0.6) is 5.75 Å². The van der Waals surface area contributed by atoms with E-state index in [0.29, 0.717) is 20.4 Å². The molecule has 13 heteroatoms. The number of hydrogen-bond acceptors (Lipinski definition) is 5. The van der Waals surface area contributed by atoms with Gasteiger partial charge in [0.2, 0.25) is 10.7 Å². The molecule has 4 aromatic rings. The Morgan fingerprint density at radius 1 is 0.578 bits per heavy atom. The molecule has 0 aliphatic rings. The molecule has 45 heavy (non-hydrogen) atoms. The highest BCUT2D eigenvalue weighted by atomic mass is 32.3. The van der Waals surface area contributed by atoms with Crippen LogP contribution >= 0.6 is 10.3 Å². The summed E-state index contributed by atoms with van der Waals surface area (Å²) in [6, 6.07) is 19.7. The fourth-order valence-corrected chi connectivity index (χ4v) is 10.0. The molecule has 0 bridgehead atoms. The van der Waals surface area contributed by atoms with E-state index in [-0.39, 0.29) is 0 Å². The summed E-state index contributed by atoms with van der Waals surface area (Å²) in [5, 5.41) is 0. The van der Waals surface area contributed by atoms with Crippen LogP contribution in [0.15, 0.2) is 92.4 Å². The molecule has 0 fully saturated rings. The third-order valence-corrected chi connectivity index (χ3v) is 12.0. The van der Waals surface area contributed by atoms with Crippen LogP contribution in [-0.2, 0) is 10.1 Å². The lowest BCUT2D eigenvalue weighted by molar-refractivity contribution is 0.131. The third kappa shape index (κ3) is 6.75. The maximum Gasteiger partial charge on any atom is 0.428 e. The first-order valence-electron chi connectivity index (χ1n) is 13.6. The van der Waals surface area contributed by atoms with Gasteiger partial charge >= 0.3 is 10.1 Å². The zero-order valence-electron chi connectivity index (χ0n) is 25.7. The molecule has 0 spiro atoms. The molecule has 0 aromatic heterocycles. The van der Waals surface area contributed by atoms with E-state index in [2.05, 4.69) is 3.63 Å². The van der Waals surface area contributed by atoms with Crippen molar-refractivity contribution in [2.24, 2.45) is 0 Å². The summed E-state index contributed by atoms with van der Waals surface area (Å²) in [6.45, 7) is 5.54. The molecule has 0 atom stereocenters. The molecule has 242 valence electrons. The number of hydrogen-bond donors (Lipinski definition) is 0. The fourth-order valence-electron chi connectivity index (χ4n) is 4.47. The number of rotatable bonds is 9. The molecule has 0 aliphatic heterocycles. The number of benzene rings is 4. The summed E-state index contributed by atoms with van der Waals surface area (Å²) in [4.78, 5) is 2.54. The average molecular weight is 670 g/mol. The van der Waals surface area contributed by atoms with Gasteiger partial charge < -0.3 is 14.5 Å². The molecule has 6 nitrogen and oxygen atoms in total. The molecule has 1 N–H and O–H groups in total. The standard InChI is InChI=1S/C32H33F5N2O4S2/c1-32(2,3)42-22-12-18-25(19-13-22)44(23-14-8-20(9-15-23)38(4)5,24-16-10-21(11-17-24)39(6)7)43-45(40,41)31-29(36)27(34)26(33)28(35)30(31)37/h8-19H,1-7H3/p+1. The lowest BCUT2D eigenvalue weighted by Gasteiger charge is -2.35. The van der Waals surface area contributed by atoms with E-state index in [9.17, 15) is 30.4 Å². The van der Waals surface area contributed by atoms with E-state index in [1.54, 1.807) is 101 Å². The van der Waals surface area contributed by atoms with Crippen LogP contribution in [0, 0.1) is 29.1 Å². The average Bonchev–Trinajstić information content (AvgIpc) is 2.97. The lowest BCUT2D eigenvalue weighted by atomic mass is 10.2. The van der Waals surface area contributed by atoms with Crippen LogP contribution < -0.4 is 14.5 Å². The second-order valence-electron chi connectivity index (χ2n) is 11.5. The number of ether oxygens (including phenoxy) is 1.